The van der Waals surface area contributed by atoms with Crippen molar-refractivity contribution in [3.8, 4) is 0 Å². The monoisotopic (exact) mass is 333 g/mol. The molecule has 1 saturated heterocycles. The van der Waals surface area contributed by atoms with Crippen molar-refractivity contribution in [3.63, 3.8) is 0 Å². The summed E-state index contributed by atoms with van der Waals surface area (Å²) in [7, 11) is 0. The summed E-state index contributed by atoms with van der Waals surface area (Å²) in [4.78, 5) is 32.4. The summed E-state index contributed by atoms with van der Waals surface area (Å²) in [5.74, 6) is 0.0991. The van der Waals surface area contributed by atoms with Gasteiger partial charge in [-0.15, -0.1) is 0 Å². The Labute approximate surface area is 143 Å². The number of ether oxygens (including phenoxy) is 1. The number of aromatic nitrogens is 1. The fraction of sp³-hybridized carbons (Fsp3) is 0.611. The van der Waals surface area contributed by atoms with Gasteiger partial charge in [0.05, 0.1) is 12.2 Å². The molecule has 0 spiro atoms. The summed E-state index contributed by atoms with van der Waals surface area (Å²) in [5, 5.41) is 0. The average Bonchev–Trinajstić information content (AvgIpc) is 3.04. The summed E-state index contributed by atoms with van der Waals surface area (Å²) in [6.45, 7) is 7.82. The van der Waals surface area contributed by atoms with E-state index in [1.165, 1.54) is 0 Å². The Morgan fingerprint density at radius 3 is 2.54 bits per heavy atom. The van der Waals surface area contributed by atoms with Gasteiger partial charge in [-0.05, 0) is 45.7 Å². The molecule has 2 rings (SSSR count). The van der Waals surface area contributed by atoms with Crippen molar-refractivity contribution < 1.29 is 14.3 Å². The van der Waals surface area contributed by atoms with E-state index >= 15 is 0 Å². The van der Waals surface area contributed by atoms with Gasteiger partial charge in [0.25, 0.3) is 0 Å². The predicted molar refractivity (Wildman–Crippen MR) is 91.3 cm³/mol. The molecule has 0 unspecified atom stereocenters. The van der Waals surface area contributed by atoms with Crippen molar-refractivity contribution in [2.24, 2.45) is 0 Å². The van der Waals surface area contributed by atoms with Crippen molar-refractivity contribution in [2.75, 3.05) is 19.6 Å². The minimum absolute atomic E-state index is 0.0991. The molecule has 1 aromatic heterocycles. The van der Waals surface area contributed by atoms with Crippen LogP contribution in [0.2, 0.25) is 0 Å². The standard InChI is InChI=1S/C18H27N3O3/c1-18(2,3)24-17(23)21(14-15-8-4-5-10-19-15)13-9-16(22)20-11-6-7-12-20/h4-5,8,10H,6-7,9,11-14H2,1-3H3. The smallest absolute Gasteiger partial charge is 0.410 e. The summed E-state index contributed by atoms with van der Waals surface area (Å²) in [6, 6.07) is 5.57. The summed E-state index contributed by atoms with van der Waals surface area (Å²) in [5.41, 5.74) is 0.204. The third kappa shape index (κ3) is 5.83. The number of amides is 2. The first-order valence-corrected chi connectivity index (χ1v) is 8.51. The van der Waals surface area contributed by atoms with Crippen LogP contribution in [0.3, 0.4) is 0 Å². The highest BCUT2D eigenvalue weighted by molar-refractivity contribution is 5.77. The van der Waals surface area contributed by atoms with Crippen LogP contribution in [0.15, 0.2) is 24.4 Å². The van der Waals surface area contributed by atoms with E-state index in [4.69, 9.17) is 4.74 Å². The SMILES string of the molecule is CC(C)(C)OC(=O)N(CCC(=O)N1CCCC1)Cc1ccccn1. The van der Waals surface area contributed by atoms with Crippen LogP contribution in [0, 0.1) is 0 Å². The molecule has 0 saturated carbocycles. The van der Waals surface area contributed by atoms with Crippen molar-refractivity contribution in [1.29, 1.82) is 0 Å². The van der Waals surface area contributed by atoms with E-state index in [0.29, 0.717) is 19.5 Å². The Morgan fingerprint density at radius 2 is 1.96 bits per heavy atom. The van der Waals surface area contributed by atoms with Crippen LogP contribution in [-0.2, 0) is 16.1 Å². The number of carbonyl (C=O) groups excluding carboxylic acids is 2. The molecule has 132 valence electrons. The van der Waals surface area contributed by atoms with Crippen molar-refractivity contribution in [3.05, 3.63) is 30.1 Å². The van der Waals surface area contributed by atoms with E-state index in [1.54, 1.807) is 11.1 Å². The minimum atomic E-state index is -0.571. The third-order valence-electron chi connectivity index (χ3n) is 3.79. The first-order valence-electron chi connectivity index (χ1n) is 8.51. The third-order valence-corrected chi connectivity index (χ3v) is 3.79. The molecular weight excluding hydrogens is 306 g/mol. The zero-order valence-corrected chi connectivity index (χ0v) is 14.8. The van der Waals surface area contributed by atoms with Gasteiger partial charge in [0.2, 0.25) is 5.91 Å². The van der Waals surface area contributed by atoms with Gasteiger partial charge in [-0.2, -0.15) is 0 Å². The van der Waals surface area contributed by atoms with Crippen LogP contribution < -0.4 is 0 Å². The second kappa shape index (κ2) is 8.13. The van der Waals surface area contributed by atoms with Gasteiger partial charge in [0.1, 0.15) is 5.60 Å². The summed E-state index contributed by atoms with van der Waals surface area (Å²) in [6.07, 6.45) is 3.72. The lowest BCUT2D eigenvalue weighted by molar-refractivity contribution is -0.130. The van der Waals surface area contributed by atoms with Gasteiger partial charge in [0.15, 0.2) is 0 Å². The topological polar surface area (TPSA) is 62.7 Å². The van der Waals surface area contributed by atoms with E-state index in [0.717, 1.165) is 31.6 Å². The lowest BCUT2D eigenvalue weighted by Crippen LogP contribution is -2.39. The van der Waals surface area contributed by atoms with E-state index in [1.807, 2.05) is 43.9 Å². The molecule has 6 heteroatoms. The molecule has 0 aliphatic carbocycles. The molecule has 2 heterocycles. The highest BCUT2D eigenvalue weighted by Gasteiger charge is 2.24. The first-order chi connectivity index (χ1) is 11.3. The predicted octanol–water partition coefficient (Wildman–Crippen LogP) is 2.83. The Hall–Kier alpha value is -2.11. The van der Waals surface area contributed by atoms with E-state index < -0.39 is 11.7 Å². The lowest BCUT2D eigenvalue weighted by Gasteiger charge is -2.27. The number of carbonyl (C=O) groups is 2. The number of rotatable bonds is 5. The Balaban J connectivity index is 1.98. The van der Waals surface area contributed by atoms with Crippen LogP contribution in [0.25, 0.3) is 0 Å². The van der Waals surface area contributed by atoms with Gasteiger partial charge in [0, 0.05) is 32.3 Å². The molecule has 0 N–H and O–H groups in total. The maximum atomic E-state index is 12.4. The van der Waals surface area contributed by atoms with Gasteiger partial charge in [-0.25, -0.2) is 4.79 Å². The molecule has 2 amide bonds. The highest BCUT2D eigenvalue weighted by Crippen LogP contribution is 2.14. The normalized spacial score (nSPS) is 14.5. The molecule has 0 radical (unpaired) electrons. The molecule has 0 atom stereocenters. The molecule has 24 heavy (non-hydrogen) atoms. The average molecular weight is 333 g/mol. The van der Waals surface area contributed by atoms with Crippen LogP contribution >= 0.6 is 0 Å². The summed E-state index contributed by atoms with van der Waals surface area (Å²) >= 11 is 0. The molecule has 1 aromatic rings. The molecular formula is C18H27N3O3. The van der Waals surface area contributed by atoms with Crippen molar-refractivity contribution in [2.45, 2.75) is 52.2 Å². The zero-order chi connectivity index (χ0) is 17.6. The van der Waals surface area contributed by atoms with Crippen molar-refractivity contribution >= 4 is 12.0 Å². The van der Waals surface area contributed by atoms with E-state index in [9.17, 15) is 9.59 Å². The summed E-state index contributed by atoms with van der Waals surface area (Å²) < 4.78 is 5.46. The number of likely N-dealkylation sites (tertiary alicyclic amines) is 1. The van der Waals surface area contributed by atoms with Gasteiger partial charge in [-0.3, -0.25) is 9.78 Å². The second-order valence-electron chi connectivity index (χ2n) is 7.06. The maximum absolute atomic E-state index is 12.4. The molecule has 1 aliphatic heterocycles. The Kier molecular flexibility index (Phi) is 6.17. The maximum Gasteiger partial charge on any atom is 0.410 e. The number of nitrogens with zero attached hydrogens (tertiary/aromatic N) is 3. The van der Waals surface area contributed by atoms with E-state index in [2.05, 4.69) is 4.98 Å². The molecule has 1 fully saturated rings. The lowest BCUT2D eigenvalue weighted by atomic mass is 10.2. The van der Waals surface area contributed by atoms with E-state index in [-0.39, 0.29) is 5.91 Å². The molecule has 6 nitrogen and oxygen atoms in total. The number of pyridine rings is 1. The Morgan fingerprint density at radius 1 is 1.25 bits per heavy atom. The van der Waals surface area contributed by atoms with Crippen LogP contribution in [0.1, 0.15) is 45.7 Å². The number of hydrogen-bond acceptors (Lipinski definition) is 4. The fourth-order valence-corrected chi connectivity index (χ4v) is 2.60. The van der Waals surface area contributed by atoms with Crippen LogP contribution in [0.5, 0.6) is 0 Å². The molecule has 0 aromatic carbocycles. The van der Waals surface area contributed by atoms with Crippen LogP contribution in [-0.4, -0.2) is 52.0 Å². The van der Waals surface area contributed by atoms with Gasteiger partial charge >= 0.3 is 6.09 Å². The second-order valence-corrected chi connectivity index (χ2v) is 7.06. The number of hydrogen-bond donors (Lipinski definition) is 0. The zero-order valence-electron chi connectivity index (χ0n) is 14.8. The Bertz CT molecular complexity index is 548. The van der Waals surface area contributed by atoms with Gasteiger partial charge in [-0.1, -0.05) is 6.07 Å². The van der Waals surface area contributed by atoms with Crippen LogP contribution in [0.4, 0.5) is 4.79 Å². The molecule has 1 aliphatic rings. The van der Waals surface area contributed by atoms with Crippen molar-refractivity contribution in [1.82, 2.24) is 14.8 Å². The minimum Gasteiger partial charge on any atom is -0.444 e. The first kappa shape index (κ1) is 18.2. The fourth-order valence-electron chi connectivity index (χ4n) is 2.60. The quantitative estimate of drug-likeness (QED) is 0.831. The van der Waals surface area contributed by atoms with Gasteiger partial charge < -0.3 is 14.5 Å². The molecule has 0 bridgehead atoms. The largest absolute Gasteiger partial charge is 0.444 e. The highest BCUT2D eigenvalue weighted by atomic mass is 16.6.